The Kier molecular flexibility index (Phi) is 6.04. The number of quaternary nitrogens is 1. The second-order valence-corrected chi connectivity index (χ2v) is 7.08. The molecule has 0 aromatic heterocycles. The molecule has 2 aromatic rings. The number of halogens is 1. The minimum Gasteiger partial charge on any atom is -0.321 e. The lowest BCUT2D eigenvalue weighted by Gasteiger charge is -2.20. The van der Waals surface area contributed by atoms with Crippen molar-refractivity contribution in [2.45, 2.75) is 52.1 Å². The van der Waals surface area contributed by atoms with Gasteiger partial charge in [0, 0.05) is 24.1 Å². The molecule has 1 aliphatic rings. The molecule has 0 aliphatic heterocycles. The van der Waals surface area contributed by atoms with Crippen LogP contribution < -0.4 is 10.2 Å². The number of carbonyl (C=O) groups is 1. The second-order valence-electron chi connectivity index (χ2n) is 7.08. The molecule has 2 aromatic carbocycles. The van der Waals surface area contributed by atoms with Crippen LogP contribution in [0.4, 0.5) is 10.1 Å². The maximum atomic E-state index is 14.0. The van der Waals surface area contributed by atoms with E-state index in [4.69, 9.17) is 0 Å². The van der Waals surface area contributed by atoms with Gasteiger partial charge in [-0.25, -0.2) is 4.39 Å². The Morgan fingerprint density at radius 2 is 1.65 bits per heavy atom. The first kappa shape index (κ1) is 18.6. The minimum atomic E-state index is -0.185. The summed E-state index contributed by atoms with van der Waals surface area (Å²) >= 11 is 0. The molecule has 3 nitrogen and oxygen atoms in total. The highest BCUT2D eigenvalue weighted by Gasteiger charge is 2.35. The van der Waals surface area contributed by atoms with E-state index >= 15 is 0 Å². The summed E-state index contributed by atoms with van der Waals surface area (Å²) in [5, 5.41) is 3.14. The summed E-state index contributed by atoms with van der Waals surface area (Å²) in [4.78, 5) is 13.9. The van der Waals surface area contributed by atoms with Crippen LogP contribution in [0.2, 0.25) is 0 Å². The van der Waals surface area contributed by atoms with Crippen LogP contribution in [0, 0.1) is 5.82 Å². The Morgan fingerprint density at radius 3 is 2.23 bits per heavy atom. The maximum absolute atomic E-state index is 14.0. The molecule has 0 spiro atoms. The number of para-hydroxylation sites is 1. The summed E-state index contributed by atoms with van der Waals surface area (Å²) in [6, 6.07) is 13.5. The molecule has 0 heterocycles. The monoisotopic (exact) mass is 355 g/mol. The number of nitrogens with one attached hydrogen (secondary N) is 2. The average Bonchev–Trinajstić information content (AvgIpc) is 3.48. The van der Waals surface area contributed by atoms with Gasteiger partial charge in [-0.05, 0) is 30.0 Å². The van der Waals surface area contributed by atoms with Gasteiger partial charge in [0.15, 0.2) is 6.54 Å². The van der Waals surface area contributed by atoms with Crippen LogP contribution in [-0.4, -0.2) is 18.5 Å². The Balaban J connectivity index is 1.71. The Bertz CT molecular complexity index is 748. The molecule has 26 heavy (non-hydrogen) atoms. The zero-order valence-corrected chi connectivity index (χ0v) is 15.6. The van der Waals surface area contributed by atoms with Crippen LogP contribution >= 0.6 is 0 Å². The quantitative estimate of drug-likeness (QED) is 0.749. The third-order valence-electron chi connectivity index (χ3n) is 5.18. The van der Waals surface area contributed by atoms with E-state index in [1.807, 2.05) is 18.2 Å². The van der Waals surface area contributed by atoms with Crippen molar-refractivity contribution in [3.63, 3.8) is 0 Å². The lowest BCUT2D eigenvalue weighted by Crippen LogP contribution is -3.13. The van der Waals surface area contributed by atoms with E-state index in [9.17, 15) is 9.18 Å². The maximum Gasteiger partial charge on any atom is 0.279 e. The highest BCUT2D eigenvalue weighted by atomic mass is 19.1. The fourth-order valence-electron chi connectivity index (χ4n) is 3.52. The van der Waals surface area contributed by atoms with Gasteiger partial charge < -0.3 is 10.2 Å². The van der Waals surface area contributed by atoms with Crippen LogP contribution in [0.1, 0.15) is 43.4 Å². The fourth-order valence-corrected chi connectivity index (χ4v) is 3.52. The van der Waals surface area contributed by atoms with E-state index in [1.54, 1.807) is 6.07 Å². The van der Waals surface area contributed by atoms with Gasteiger partial charge in [0.2, 0.25) is 0 Å². The molecule has 3 rings (SSSR count). The third-order valence-corrected chi connectivity index (χ3v) is 5.18. The predicted molar refractivity (Wildman–Crippen MR) is 103 cm³/mol. The van der Waals surface area contributed by atoms with Crippen molar-refractivity contribution in [2.24, 2.45) is 0 Å². The largest absolute Gasteiger partial charge is 0.321 e. The van der Waals surface area contributed by atoms with Crippen molar-refractivity contribution < 1.29 is 14.1 Å². The zero-order valence-electron chi connectivity index (χ0n) is 15.6. The molecule has 1 saturated carbocycles. The smallest absolute Gasteiger partial charge is 0.279 e. The van der Waals surface area contributed by atoms with Gasteiger partial charge in [-0.2, -0.15) is 0 Å². The van der Waals surface area contributed by atoms with Crippen LogP contribution in [0.5, 0.6) is 0 Å². The summed E-state index contributed by atoms with van der Waals surface area (Å²) in [6.07, 6.45) is 4.00. The standard InChI is InChI=1S/C22H27FN2O/c1-3-16-9-7-10-17(4-2)22(16)24-21(26)15-25(19-12-13-19)14-18-8-5-6-11-20(18)23/h5-11,19H,3-4,12-15H2,1-2H3,(H,24,26)/p+1. The van der Waals surface area contributed by atoms with Gasteiger partial charge in [-0.3, -0.25) is 4.79 Å². The van der Waals surface area contributed by atoms with E-state index in [-0.39, 0.29) is 11.7 Å². The number of rotatable bonds is 8. The van der Waals surface area contributed by atoms with E-state index in [0.717, 1.165) is 36.3 Å². The van der Waals surface area contributed by atoms with Crippen LogP contribution in [-0.2, 0) is 24.2 Å². The normalized spacial score (nSPS) is 14.9. The first-order chi connectivity index (χ1) is 12.6. The number of hydrogen-bond donors (Lipinski definition) is 2. The molecule has 1 aliphatic carbocycles. The highest BCUT2D eigenvalue weighted by Crippen LogP contribution is 2.22. The average molecular weight is 355 g/mol. The topological polar surface area (TPSA) is 33.5 Å². The lowest BCUT2D eigenvalue weighted by atomic mass is 10.0. The van der Waals surface area contributed by atoms with Gasteiger partial charge >= 0.3 is 0 Å². The number of aryl methyl sites for hydroxylation is 2. The summed E-state index contributed by atoms with van der Waals surface area (Å²) in [5.41, 5.74) is 3.98. The molecule has 1 fully saturated rings. The van der Waals surface area contributed by atoms with Gasteiger partial charge in [0.05, 0.1) is 6.04 Å². The molecule has 0 radical (unpaired) electrons. The molecule has 0 bridgehead atoms. The van der Waals surface area contributed by atoms with Crippen LogP contribution in [0.15, 0.2) is 42.5 Å². The Morgan fingerprint density at radius 1 is 1.04 bits per heavy atom. The molecule has 4 heteroatoms. The van der Waals surface area contributed by atoms with Crippen molar-refractivity contribution in [2.75, 3.05) is 11.9 Å². The van der Waals surface area contributed by atoms with Crippen LogP contribution in [0.3, 0.4) is 0 Å². The Hall–Kier alpha value is -2.20. The zero-order chi connectivity index (χ0) is 18.5. The number of hydrogen-bond acceptors (Lipinski definition) is 1. The van der Waals surface area contributed by atoms with Crippen molar-refractivity contribution >= 4 is 11.6 Å². The molecule has 1 unspecified atom stereocenters. The van der Waals surface area contributed by atoms with E-state index in [0.29, 0.717) is 24.7 Å². The van der Waals surface area contributed by atoms with Gasteiger partial charge in [0.25, 0.3) is 5.91 Å². The third kappa shape index (κ3) is 4.50. The van der Waals surface area contributed by atoms with Gasteiger partial charge in [-0.1, -0.05) is 50.2 Å². The molecule has 2 N–H and O–H groups in total. The number of benzene rings is 2. The molecule has 1 atom stereocenters. The summed E-state index contributed by atoms with van der Waals surface area (Å²) in [6.45, 7) is 5.13. The molecule has 0 saturated heterocycles. The first-order valence-electron chi connectivity index (χ1n) is 9.61. The SMILES string of the molecule is CCc1cccc(CC)c1NC(=O)C[NH+](Cc1ccccc1F)C1CC1. The van der Waals surface area contributed by atoms with Crippen molar-refractivity contribution in [3.8, 4) is 0 Å². The number of anilines is 1. The predicted octanol–water partition coefficient (Wildman–Crippen LogP) is 3.14. The van der Waals surface area contributed by atoms with Gasteiger partial charge in [0.1, 0.15) is 12.4 Å². The fraction of sp³-hybridized carbons (Fsp3) is 0.409. The number of carbonyl (C=O) groups excluding carboxylic acids is 1. The minimum absolute atomic E-state index is 0.0128. The van der Waals surface area contributed by atoms with Crippen molar-refractivity contribution in [1.82, 2.24) is 0 Å². The Labute approximate surface area is 155 Å². The van der Waals surface area contributed by atoms with Crippen LogP contribution in [0.25, 0.3) is 0 Å². The molecule has 1 amide bonds. The summed E-state index contributed by atoms with van der Waals surface area (Å²) < 4.78 is 14.0. The second kappa shape index (κ2) is 8.45. The van der Waals surface area contributed by atoms with Crippen molar-refractivity contribution in [3.05, 3.63) is 65.0 Å². The van der Waals surface area contributed by atoms with E-state index in [2.05, 4.69) is 31.3 Å². The summed E-state index contributed by atoms with van der Waals surface area (Å²) in [7, 11) is 0. The van der Waals surface area contributed by atoms with E-state index < -0.39 is 0 Å². The van der Waals surface area contributed by atoms with Gasteiger partial charge in [-0.15, -0.1) is 0 Å². The number of amides is 1. The highest BCUT2D eigenvalue weighted by molar-refractivity contribution is 5.93. The molecule has 138 valence electrons. The summed E-state index contributed by atoms with van der Waals surface area (Å²) in [5.74, 6) is -0.172. The molecular formula is C22H28FN2O+. The molecular weight excluding hydrogens is 327 g/mol. The van der Waals surface area contributed by atoms with E-state index in [1.165, 1.54) is 17.2 Å². The first-order valence-corrected chi connectivity index (χ1v) is 9.61. The lowest BCUT2D eigenvalue weighted by molar-refractivity contribution is -0.917. The van der Waals surface area contributed by atoms with Crippen molar-refractivity contribution in [1.29, 1.82) is 0 Å².